The zero-order valence-corrected chi connectivity index (χ0v) is 20.2. The van der Waals surface area contributed by atoms with E-state index in [9.17, 15) is 5.11 Å². The predicted molar refractivity (Wildman–Crippen MR) is 130 cm³/mol. The van der Waals surface area contributed by atoms with E-state index in [2.05, 4.69) is 20.4 Å². The Kier molecular flexibility index (Phi) is 6.57. The molecule has 1 aromatic carbocycles. The van der Waals surface area contributed by atoms with Crippen molar-refractivity contribution in [2.24, 2.45) is 0 Å². The van der Waals surface area contributed by atoms with Crippen molar-refractivity contribution in [3.8, 4) is 28.4 Å². The molecule has 0 saturated heterocycles. The standard InChI is InChI=1S/C25H26FN7O3/c1-14-24(15(2)36-32-14)20-9-23(33-11-21-22(12-33)29-7-6-28-21)31-25(30-20)18-8-17(4-5-19(18)26)35-13-16(34)10-27-3/h4-9,16,27,34H,10-13H2,1-3H3. The van der Waals surface area contributed by atoms with Crippen molar-refractivity contribution >= 4 is 5.82 Å². The lowest BCUT2D eigenvalue weighted by Gasteiger charge is -2.18. The molecule has 0 radical (unpaired) electrons. The molecular formula is C25H26FN7O3. The molecule has 1 unspecified atom stereocenters. The van der Waals surface area contributed by atoms with Crippen LogP contribution < -0.4 is 15.0 Å². The number of ether oxygens (including phenoxy) is 1. The third-order valence-electron chi connectivity index (χ3n) is 5.93. The van der Waals surface area contributed by atoms with Crippen molar-refractivity contribution in [3.63, 3.8) is 0 Å². The van der Waals surface area contributed by atoms with E-state index in [1.54, 1.807) is 25.5 Å². The van der Waals surface area contributed by atoms with Gasteiger partial charge in [0.05, 0.1) is 47.0 Å². The van der Waals surface area contributed by atoms with Gasteiger partial charge in [0.2, 0.25) is 0 Å². The number of hydrogen-bond acceptors (Lipinski definition) is 10. The quantitative estimate of drug-likeness (QED) is 0.380. The summed E-state index contributed by atoms with van der Waals surface area (Å²) >= 11 is 0. The van der Waals surface area contributed by atoms with Crippen LogP contribution in [0.4, 0.5) is 10.2 Å². The number of hydrogen-bond donors (Lipinski definition) is 2. The number of benzene rings is 1. The van der Waals surface area contributed by atoms with Crippen LogP contribution in [0.5, 0.6) is 5.75 Å². The second-order valence-corrected chi connectivity index (χ2v) is 8.60. The third kappa shape index (κ3) is 4.75. The first-order valence-electron chi connectivity index (χ1n) is 11.5. The molecule has 0 spiro atoms. The second-order valence-electron chi connectivity index (χ2n) is 8.60. The number of halogens is 1. The molecule has 11 heteroatoms. The van der Waals surface area contributed by atoms with E-state index in [1.807, 2.05) is 24.8 Å². The fourth-order valence-electron chi connectivity index (χ4n) is 4.19. The van der Waals surface area contributed by atoms with E-state index >= 15 is 4.39 Å². The molecule has 0 saturated carbocycles. The summed E-state index contributed by atoms with van der Waals surface area (Å²) in [4.78, 5) is 20.3. The van der Waals surface area contributed by atoms with E-state index < -0.39 is 11.9 Å². The van der Waals surface area contributed by atoms with Gasteiger partial charge in [0.15, 0.2) is 5.82 Å². The van der Waals surface area contributed by atoms with E-state index in [0.717, 1.165) is 17.0 Å². The van der Waals surface area contributed by atoms with Crippen LogP contribution in [0.2, 0.25) is 0 Å². The maximum Gasteiger partial charge on any atom is 0.165 e. The smallest absolute Gasteiger partial charge is 0.165 e. The largest absolute Gasteiger partial charge is 0.491 e. The van der Waals surface area contributed by atoms with Gasteiger partial charge < -0.3 is 24.6 Å². The number of nitrogens with zero attached hydrogens (tertiary/aromatic N) is 6. The summed E-state index contributed by atoms with van der Waals surface area (Å²) in [6.45, 7) is 5.12. The Morgan fingerprint density at radius 1 is 1.14 bits per heavy atom. The summed E-state index contributed by atoms with van der Waals surface area (Å²) < 4.78 is 26.1. The van der Waals surface area contributed by atoms with Gasteiger partial charge in [0, 0.05) is 25.0 Å². The maximum atomic E-state index is 15.1. The molecule has 0 bridgehead atoms. The number of rotatable bonds is 8. The number of aryl methyl sites for hydroxylation is 2. The molecule has 1 aliphatic rings. The van der Waals surface area contributed by atoms with Gasteiger partial charge in [0.25, 0.3) is 0 Å². The minimum atomic E-state index is -0.701. The summed E-state index contributed by atoms with van der Waals surface area (Å²) in [6.07, 6.45) is 2.63. The molecule has 3 aromatic heterocycles. The first kappa shape index (κ1) is 23.8. The Morgan fingerprint density at radius 2 is 1.89 bits per heavy atom. The van der Waals surface area contributed by atoms with E-state index in [4.69, 9.17) is 19.2 Å². The van der Waals surface area contributed by atoms with Crippen LogP contribution in [0.15, 0.2) is 41.2 Å². The molecule has 0 aliphatic carbocycles. The van der Waals surface area contributed by atoms with Crippen molar-refractivity contribution < 1.29 is 18.8 Å². The summed E-state index contributed by atoms with van der Waals surface area (Å²) in [6, 6.07) is 6.20. The first-order valence-corrected chi connectivity index (χ1v) is 11.5. The first-order chi connectivity index (χ1) is 17.4. The molecule has 0 fully saturated rings. The van der Waals surface area contributed by atoms with Crippen LogP contribution in [-0.2, 0) is 13.1 Å². The summed E-state index contributed by atoms with van der Waals surface area (Å²) in [5.41, 5.74) is 3.90. The highest BCUT2D eigenvalue weighted by molar-refractivity contribution is 5.71. The van der Waals surface area contributed by atoms with Crippen LogP contribution in [0.1, 0.15) is 22.8 Å². The van der Waals surface area contributed by atoms with Gasteiger partial charge in [-0.3, -0.25) is 9.97 Å². The lowest BCUT2D eigenvalue weighted by atomic mass is 10.1. The van der Waals surface area contributed by atoms with Gasteiger partial charge in [-0.05, 0) is 39.1 Å². The Bertz CT molecular complexity index is 1350. The molecule has 2 N–H and O–H groups in total. The zero-order valence-electron chi connectivity index (χ0n) is 20.2. The van der Waals surface area contributed by atoms with Crippen LogP contribution in [0.25, 0.3) is 22.6 Å². The summed E-state index contributed by atoms with van der Waals surface area (Å²) in [5, 5.41) is 16.9. The molecular weight excluding hydrogens is 465 g/mol. The van der Waals surface area contributed by atoms with Crippen molar-refractivity contribution in [1.29, 1.82) is 0 Å². The minimum Gasteiger partial charge on any atom is -0.491 e. The average molecular weight is 492 g/mol. The fraction of sp³-hybridized carbons (Fsp3) is 0.320. The molecule has 10 nitrogen and oxygen atoms in total. The maximum absolute atomic E-state index is 15.1. The van der Waals surface area contributed by atoms with Gasteiger partial charge in [-0.1, -0.05) is 5.16 Å². The van der Waals surface area contributed by atoms with Crippen LogP contribution in [-0.4, -0.2) is 56.5 Å². The molecule has 5 rings (SSSR count). The SMILES string of the molecule is CNCC(O)COc1ccc(F)c(-c2nc(-c3c(C)noc3C)cc(N3Cc4nccnc4C3)n2)c1. The highest BCUT2D eigenvalue weighted by atomic mass is 19.1. The molecule has 4 heterocycles. The van der Waals surface area contributed by atoms with Crippen molar-refractivity contribution in [2.75, 3.05) is 25.1 Å². The molecule has 36 heavy (non-hydrogen) atoms. The normalized spacial score (nSPS) is 13.6. The van der Waals surface area contributed by atoms with Crippen molar-refractivity contribution in [1.82, 2.24) is 30.4 Å². The highest BCUT2D eigenvalue weighted by Crippen LogP contribution is 2.34. The third-order valence-corrected chi connectivity index (χ3v) is 5.93. The lowest BCUT2D eigenvalue weighted by Crippen LogP contribution is -2.29. The highest BCUT2D eigenvalue weighted by Gasteiger charge is 2.25. The van der Waals surface area contributed by atoms with Gasteiger partial charge in [-0.15, -0.1) is 0 Å². The number of aromatic nitrogens is 5. The van der Waals surface area contributed by atoms with Gasteiger partial charge in [-0.25, -0.2) is 14.4 Å². The Balaban J connectivity index is 1.56. The monoisotopic (exact) mass is 491 g/mol. The van der Waals surface area contributed by atoms with Crippen molar-refractivity contribution in [2.45, 2.75) is 33.0 Å². The van der Waals surface area contributed by atoms with Gasteiger partial charge in [0.1, 0.15) is 35.9 Å². The van der Waals surface area contributed by atoms with Gasteiger partial charge in [-0.2, -0.15) is 0 Å². The Labute approximate surface area is 207 Å². The number of likely N-dealkylation sites (N-methyl/N-ethyl adjacent to an activating group) is 1. The molecule has 186 valence electrons. The van der Waals surface area contributed by atoms with Crippen LogP contribution >= 0.6 is 0 Å². The molecule has 4 aromatic rings. The minimum absolute atomic E-state index is 0.0587. The molecule has 1 atom stereocenters. The lowest BCUT2D eigenvalue weighted by molar-refractivity contribution is 0.108. The van der Waals surface area contributed by atoms with E-state index in [0.29, 0.717) is 48.3 Å². The summed E-state index contributed by atoms with van der Waals surface area (Å²) in [5.74, 6) is 1.31. The Hall–Kier alpha value is -3.96. The van der Waals surface area contributed by atoms with Crippen molar-refractivity contribution in [3.05, 3.63) is 65.3 Å². The Morgan fingerprint density at radius 3 is 2.56 bits per heavy atom. The number of fused-ring (bicyclic) bond motifs is 1. The number of nitrogens with one attached hydrogen (secondary N) is 1. The van der Waals surface area contributed by atoms with E-state index in [1.165, 1.54) is 12.1 Å². The number of aliphatic hydroxyl groups excluding tert-OH is 1. The molecule has 1 aliphatic heterocycles. The van der Waals surface area contributed by atoms with E-state index in [-0.39, 0.29) is 18.0 Å². The van der Waals surface area contributed by atoms with Crippen LogP contribution in [0, 0.1) is 19.7 Å². The predicted octanol–water partition coefficient (Wildman–Crippen LogP) is 2.82. The average Bonchev–Trinajstić information content (AvgIpc) is 3.46. The summed E-state index contributed by atoms with van der Waals surface area (Å²) in [7, 11) is 1.74. The molecule has 0 amide bonds. The topological polar surface area (TPSA) is 122 Å². The zero-order chi connectivity index (χ0) is 25.2. The van der Waals surface area contributed by atoms with Crippen LogP contribution in [0.3, 0.4) is 0 Å². The second kappa shape index (κ2) is 9.96. The number of aliphatic hydroxyl groups is 1. The van der Waals surface area contributed by atoms with Gasteiger partial charge >= 0.3 is 0 Å². The number of anilines is 1. The fourth-order valence-corrected chi connectivity index (χ4v) is 4.19.